The zero-order chi connectivity index (χ0) is 30.1. The predicted molar refractivity (Wildman–Crippen MR) is 162 cm³/mol. The number of rotatable bonds is 11. The number of hydrogen-bond acceptors (Lipinski definition) is 6. The van der Waals surface area contributed by atoms with E-state index in [1.807, 2.05) is 52.0 Å². The van der Waals surface area contributed by atoms with Crippen molar-refractivity contribution in [3.63, 3.8) is 0 Å². The molecule has 0 aliphatic carbocycles. The van der Waals surface area contributed by atoms with E-state index in [0.29, 0.717) is 32.1 Å². The number of ether oxygens (including phenoxy) is 2. The van der Waals surface area contributed by atoms with Gasteiger partial charge in [0, 0.05) is 18.9 Å². The molecule has 1 heterocycles. The Balaban J connectivity index is 2.73. The molecule has 0 bridgehead atoms. The first-order valence-electron chi connectivity index (χ1n) is 14.7. The minimum Gasteiger partial charge on any atom is -0.462 e. The molecule has 0 fully saturated rings. The van der Waals surface area contributed by atoms with E-state index < -0.39 is 18.2 Å². The number of cyclic esters (lactones) is 1. The lowest BCUT2D eigenvalue weighted by Crippen LogP contribution is -2.26. The Kier molecular flexibility index (Phi) is 17.1. The summed E-state index contributed by atoms with van der Waals surface area (Å²) < 4.78 is 11.4. The van der Waals surface area contributed by atoms with Crippen molar-refractivity contribution in [3.8, 4) is 0 Å². The summed E-state index contributed by atoms with van der Waals surface area (Å²) in [6.45, 7) is 13.9. The highest BCUT2D eigenvalue weighted by atomic mass is 16.5. The maximum Gasteiger partial charge on any atom is 0.331 e. The zero-order valence-corrected chi connectivity index (χ0v) is 25.6. The molecule has 6 heteroatoms. The second kappa shape index (κ2) is 19.4. The Morgan fingerprint density at radius 3 is 2.45 bits per heavy atom. The molecule has 1 rings (SSSR count). The molecule has 0 amide bonds. The van der Waals surface area contributed by atoms with Crippen LogP contribution in [-0.2, 0) is 19.1 Å². The summed E-state index contributed by atoms with van der Waals surface area (Å²) in [6.07, 6.45) is 19.1. The van der Waals surface area contributed by atoms with Crippen molar-refractivity contribution in [2.45, 2.75) is 118 Å². The first kappa shape index (κ1) is 35.3. The molecule has 5 atom stereocenters. The average molecular weight is 557 g/mol. The maximum atomic E-state index is 12.6. The third-order valence-electron chi connectivity index (χ3n) is 6.91. The lowest BCUT2D eigenvalue weighted by Gasteiger charge is -2.24. The van der Waals surface area contributed by atoms with Crippen molar-refractivity contribution in [1.82, 2.24) is 0 Å². The monoisotopic (exact) mass is 556 g/mol. The van der Waals surface area contributed by atoms with Crippen LogP contribution in [0.15, 0.2) is 71.4 Å². The van der Waals surface area contributed by atoms with Gasteiger partial charge in [0.2, 0.25) is 0 Å². The smallest absolute Gasteiger partial charge is 0.331 e. The van der Waals surface area contributed by atoms with Gasteiger partial charge in [-0.3, -0.25) is 4.79 Å². The Hall–Kier alpha value is -2.70. The zero-order valence-electron chi connectivity index (χ0n) is 25.6. The summed E-state index contributed by atoms with van der Waals surface area (Å²) in [5, 5.41) is 19.9. The summed E-state index contributed by atoms with van der Waals surface area (Å²) in [4.78, 5) is 24.9. The Bertz CT molecular complexity index is 965. The van der Waals surface area contributed by atoms with Crippen molar-refractivity contribution in [2.75, 3.05) is 0 Å². The Labute approximate surface area is 242 Å². The molecule has 0 spiro atoms. The molecule has 224 valence electrons. The minimum absolute atomic E-state index is 0.103. The standard InChI is InChI=1S/C34H52O6/c1-8-13-29(35)30(36)23-26(5)15-11-14-25(4)22-27(6)20-21-34(38)40-32-18-12-19-33(37)39-31(24(2)3)17-10-9-16-28(32)7/h9-11,14-15,20-24,28-32,35-36H,8,12-13,16-19H2,1-7H3/b10-9+,15-11+,21-20+,25-14?,26-23+,27-22?/t28-,29-,30-,31+,32-/m0/s1. The predicted octanol–water partition coefficient (Wildman–Crippen LogP) is 7.10. The van der Waals surface area contributed by atoms with E-state index in [0.717, 1.165) is 29.6 Å². The van der Waals surface area contributed by atoms with Crippen LogP contribution in [0.2, 0.25) is 0 Å². The van der Waals surface area contributed by atoms with Crippen LogP contribution >= 0.6 is 0 Å². The van der Waals surface area contributed by atoms with Crippen LogP contribution < -0.4 is 0 Å². The molecule has 1 aliphatic heterocycles. The number of aliphatic hydroxyl groups is 2. The molecule has 0 aromatic rings. The second-order valence-electron chi connectivity index (χ2n) is 11.3. The van der Waals surface area contributed by atoms with Gasteiger partial charge in [-0.1, -0.05) is 99.4 Å². The van der Waals surface area contributed by atoms with Gasteiger partial charge < -0.3 is 19.7 Å². The fourth-order valence-electron chi connectivity index (χ4n) is 4.38. The van der Waals surface area contributed by atoms with Crippen molar-refractivity contribution < 1.29 is 29.3 Å². The fraction of sp³-hybridized carbons (Fsp3) is 0.588. The van der Waals surface area contributed by atoms with Crippen LogP contribution in [-0.4, -0.2) is 46.6 Å². The summed E-state index contributed by atoms with van der Waals surface area (Å²) in [7, 11) is 0. The Morgan fingerprint density at radius 1 is 1.07 bits per heavy atom. The molecular formula is C34H52O6. The molecule has 40 heavy (non-hydrogen) atoms. The summed E-state index contributed by atoms with van der Waals surface area (Å²) in [6, 6.07) is 0. The van der Waals surface area contributed by atoms with Crippen LogP contribution in [0.5, 0.6) is 0 Å². The fourth-order valence-corrected chi connectivity index (χ4v) is 4.38. The number of carbonyl (C=O) groups excluding carboxylic acids is 2. The molecule has 0 saturated heterocycles. The largest absolute Gasteiger partial charge is 0.462 e. The highest BCUT2D eigenvalue weighted by Gasteiger charge is 2.23. The molecule has 2 N–H and O–H groups in total. The number of esters is 2. The molecule has 1 aliphatic rings. The van der Waals surface area contributed by atoms with Gasteiger partial charge in [-0.25, -0.2) is 4.79 Å². The number of carbonyl (C=O) groups is 2. The van der Waals surface area contributed by atoms with Gasteiger partial charge in [0.05, 0.1) is 12.2 Å². The molecular weight excluding hydrogens is 504 g/mol. The van der Waals surface area contributed by atoms with Crippen LogP contribution in [0.4, 0.5) is 0 Å². The van der Waals surface area contributed by atoms with Gasteiger partial charge in [0.15, 0.2) is 0 Å². The molecule has 0 aromatic carbocycles. The molecule has 0 aromatic heterocycles. The van der Waals surface area contributed by atoms with E-state index in [4.69, 9.17) is 9.47 Å². The van der Waals surface area contributed by atoms with Gasteiger partial charge in [0.1, 0.15) is 12.2 Å². The van der Waals surface area contributed by atoms with Crippen LogP contribution in [0.25, 0.3) is 0 Å². The average Bonchev–Trinajstić information content (AvgIpc) is 2.87. The Morgan fingerprint density at radius 2 is 1.77 bits per heavy atom. The highest BCUT2D eigenvalue weighted by Crippen LogP contribution is 2.22. The van der Waals surface area contributed by atoms with Crippen LogP contribution in [0, 0.1) is 11.8 Å². The molecule has 0 saturated carbocycles. The van der Waals surface area contributed by atoms with Crippen LogP contribution in [0.3, 0.4) is 0 Å². The van der Waals surface area contributed by atoms with Gasteiger partial charge in [-0.2, -0.15) is 0 Å². The van der Waals surface area contributed by atoms with Crippen molar-refractivity contribution in [2.24, 2.45) is 11.8 Å². The lowest BCUT2D eigenvalue weighted by atomic mass is 9.94. The maximum absolute atomic E-state index is 12.6. The lowest BCUT2D eigenvalue weighted by molar-refractivity contribution is -0.151. The van der Waals surface area contributed by atoms with Crippen LogP contribution in [0.1, 0.15) is 93.4 Å². The van der Waals surface area contributed by atoms with E-state index in [1.54, 1.807) is 12.2 Å². The quantitative estimate of drug-likeness (QED) is 0.122. The summed E-state index contributed by atoms with van der Waals surface area (Å²) in [5.41, 5.74) is 2.77. The van der Waals surface area contributed by atoms with E-state index in [2.05, 4.69) is 32.9 Å². The van der Waals surface area contributed by atoms with Gasteiger partial charge >= 0.3 is 11.9 Å². The van der Waals surface area contributed by atoms with E-state index >= 15 is 0 Å². The molecule has 6 nitrogen and oxygen atoms in total. The SMILES string of the molecule is CCC[C@H](O)[C@@H](O)/C=C(C)/C=C/C=C(C)C=C(C)/C=C/C(=O)O[C@H]1CCCC(=O)O[C@@H](C(C)C)C/C=C/C[C@@H]1C. The number of hydrogen-bond donors (Lipinski definition) is 2. The normalized spacial score (nSPS) is 24.9. The number of aliphatic hydroxyl groups excluding tert-OH is 2. The van der Waals surface area contributed by atoms with E-state index in [1.165, 1.54) is 6.08 Å². The van der Waals surface area contributed by atoms with Crippen molar-refractivity contribution in [3.05, 3.63) is 71.4 Å². The van der Waals surface area contributed by atoms with Gasteiger partial charge in [-0.15, -0.1) is 0 Å². The summed E-state index contributed by atoms with van der Waals surface area (Å²) >= 11 is 0. The van der Waals surface area contributed by atoms with Crippen molar-refractivity contribution in [1.29, 1.82) is 0 Å². The summed E-state index contributed by atoms with van der Waals surface area (Å²) in [5.74, 6) is -0.184. The molecule has 0 unspecified atom stereocenters. The van der Waals surface area contributed by atoms with E-state index in [-0.39, 0.29) is 30.0 Å². The topological polar surface area (TPSA) is 93.1 Å². The van der Waals surface area contributed by atoms with E-state index in [9.17, 15) is 19.8 Å². The highest BCUT2D eigenvalue weighted by molar-refractivity contribution is 5.82. The number of allylic oxidation sites excluding steroid dienone is 9. The third kappa shape index (κ3) is 15.2. The van der Waals surface area contributed by atoms with Gasteiger partial charge in [0.25, 0.3) is 0 Å². The van der Waals surface area contributed by atoms with Crippen molar-refractivity contribution >= 4 is 11.9 Å². The molecule has 0 radical (unpaired) electrons. The minimum atomic E-state index is -0.874. The first-order chi connectivity index (χ1) is 18.9. The first-order valence-corrected chi connectivity index (χ1v) is 14.7. The second-order valence-corrected chi connectivity index (χ2v) is 11.3. The van der Waals surface area contributed by atoms with Gasteiger partial charge in [-0.05, 0) is 58.3 Å². The third-order valence-corrected chi connectivity index (χ3v) is 6.91.